The van der Waals surface area contributed by atoms with E-state index in [1.165, 1.54) is 4.31 Å². The van der Waals surface area contributed by atoms with Crippen molar-refractivity contribution in [3.8, 4) is 5.75 Å². The van der Waals surface area contributed by atoms with Crippen LogP contribution < -0.4 is 4.74 Å². The summed E-state index contributed by atoms with van der Waals surface area (Å²) in [6.07, 6.45) is 2.51. The second kappa shape index (κ2) is 10.1. The fraction of sp³-hybridized carbons (Fsp3) is 0.435. The molecule has 0 aromatic heterocycles. The molecule has 6 nitrogen and oxygen atoms in total. The molecule has 1 aliphatic rings. The largest absolute Gasteiger partial charge is 0.496 e. The van der Waals surface area contributed by atoms with Gasteiger partial charge in [0.1, 0.15) is 5.75 Å². The molecule has 1 heterocycles. The molecule has 0 unspecified atom stereocenters. The SMILES string of the molecule is CCN(Cc1ccccc1)C(=O)CCc1cc(S(=O)(=O)N2CCCC2)ccc1OC. The summed E-state index contributed by atoms with van der Waals surface area (Å²) in [5.41, 5.74) is 1.82. The number of rotatable bonds is 9. The third-order valence-electron chi connectivity index (χ3n) is 5.51. The first-order valence-corrected chi connectivity index (χ1v) is 11.9. The zero-order valence-electron chi connectivity index (χ0n) is 17.7. The summed E-state index contributed by atoms with van der Waals surface area (Å²) in [7, 11) is -1.95. The molecule has 0 atom stereocenters. The van der Waals surface area contributed by atoms with E-state index in [1.54, 1.807) is 25.3 Å². The summed E-state index contributed by atoms with van der Waals surface area (Å²) in [6, 6.07) is 14.8. The van der Waals surface area contributed by atoms with Gasteiger partial charge in [-0.05, 0) is 55.5 Å². The summed E-state index contributed by atoms with van der Waals surface area (Å²) in [5, 5.41) is 0. The molecule has 0 spiro atoms. The van der Waals surface area contributed by atoms with Gasteiger partial charge in [-0.25, -0.2) is 8.42 Å². The minimum absolute atomic E-state index is 0.0382. The van der Waals surface area contributed by atoms with Crippen molar-refractivity contribution in [2.45, 2.75) is 44.0 Å². The van der Waals surface area contributed by atoms with Crippen molar-refractivity contribution < 1.29 is 17.9 Å². The van der Waals surface area contributed by atoms with Gasteiger partial charge in [0.2, 0.25) is 15.9 Å². The van der Waals surface area contributed by atoms with Crippen molar-refractivity contribution in [3.63, 3.8) is 0 Å². The lowest BCUT2D eigenvalue weighted by atomic mass is 10.1. The number of hydrogen-bond donors (Lipinski definition) is 0. The van der Waals surface area contributed by atoms with Crippen molar-refractivity contribution in [2.24, 2.45) is 0 Å². The third-order valence-corrected chi connectivity index (χ3v) is 7.41. The van der Waals surface area contributed by atoms with E-state index >= 15 is 0 Å². The lowest BCUT2D eigenvalue weighted by molar-refractivity contribution is -0.131. The monoisotopic (exact) mass is 430 g/mol. The van der Waals surface area contributed by atoms with Gasteiger partial charge in [-0.2, -0.15) is 4.31 Å². The Morgan fingerprint density at radius 1 is 1.10 bits per heavy atom. The van der Waals surface area contributed by atoms with Gasteiger partial charge >= 0.3 is 0 Å². The molecule has 0 radical (unpaired) electrons. The average molecular weight is 431 g/mol. The van der Waals surface area contributed by atoms with Crippen LogP contribution in [0.2, 0.25) is 0 Å². The third kappa shape index (κ3) is 5.21. The molecule has 7 heteroatoms. The fourth-order valence-electron chi connectivity index (χ4n) is 3.77. The number of carbonyl (C=O) groups excluding carboxylic acids is 1. The number of benzene rings is 2. The number of hydrogen-bond acceptors (Lipinski definition) is 4. The zero-order chi connectivity index (χ0) is 21.6. The van der Waals surface area contributed by atoms with Crippen LogP contribution in [0.1, 0.15) is 37.3 Å². The van der Waals surface area contributed by atoms with Gasteiger partial charge in [0.25, 0.3) is 0 Å². The highest BCUT2D eigenvalue weighted by Crippen LogP contribution is 2.27. The number of amides is 1. The Morgan fingerprint density at radius 2 is 1.80 bits per heavy atom. The summed E-state index contributed by atoms with van der Waals surface area (Å²) in [6.45, 7) is 4.27. The molecule has 162 valence electrons. The number of carbonyl (C=O) groups is 1. The lowest BCUT2D eigenvalue weighted by Gasteiger charge is -2.21. The summed E-state index contributed by atoms with van der Waals surface area (Å²) in [5.74, 6) is 0.644. The minimum Gasteiger partial charge on any atom is -0.496 e. The highest BCUT2D eigenvalue weighted by Gasteiger charge is 2.28. The minimum atomic E-state index is -3.50. The molecule has 1 aliphatic heterocycles. The highest BCUT2D eigenvalue weighted by molar-refractivity contribution is 7.89. The van der Waals surface area contributed by atoms with Gasteiger partial charge in [0.15, 0.2) is 0 Å². The van der Waals surface area contributed by atoms with E-state index in [4.69, 9.17) is 4.74 Å². The van der Waals surface area contributed by atoms with Crippen LogP contribution in [0.5, 0.6) is 5.75 Å². The number of nitrogens with zero attached hydrogens (tertiary/aromatic N) is 2. The first-order chi connectivity index (χ1) is 14.5. The van der Waals surface area contributed by atoms with E-state index in [9.17, 15) is 13.2 Å². The average Bonchev–Trinajstić information content (AvgIpc) is 3.32. The van der Waals surface area contributed by atoms with E-state index in [1.807, 2.05) is 42.2 Å². The molecule has 1 amide bonds. The van der Waals surface area contributed by atoms with Crippen LogP contribution in [0.3, 0.4) is 0 Å². The van der Waals surface area contributed by atoms with E-state index in [2.05, 4.69) is 0 Å². The Morgan fingerprint density at radius 3 is 2.43 bits per heavy atom. The first kappa shape index (κ1) is 22.3. The van der Waals surface area contributed by atoms with Crippen molar-refractivity contribution >= 4 is 15.9 Å². The number of ether oxygens (including phenoxy) is 1. The van der Waals surface area contributed by atoms with Crippen LogP contribution in [-0.4, -0.2) is 50.3 Å². The maximum Gasteiger partial charge on any atom is 0.243 e. The number of methoxy groups -OCH3 is 1. The van der Waals surface area contributed by atoms with E-state index in [0.29, 0.717) is 44.8 Å². The van der Waals surface area contributed by atoms with Crippen molar-refractivity contribution in [3.05, 3.63) is 59.7 Å². The van der Waals surface area contributed by atoms with Crippen LogP contribution in [0.25, 0.3) is 0 Å². The van der Waals surface area contributed by atoms with Crippen LogP contribution >= 0.6 is 0 Å². The van der Waals surface area contributed by atoms with Crippen molar-refractivity contribution in [1.29, 1.82) is 0 Å². The molecular weight excluding hydrogens is 400 g/mol. The first-order valence-electron chi connectivity index (χ1n) is 10.4. The van der Waals surface area contributed by atoms with Gasteiger partial charge < -0.3 is 9.64 Å². The predicted octanol–water partition coefficient (Wildman–Crippen LogP) is 3.46. The topological polar surface area (TPSA) is 66.9 Å². The van der Waals surface area contributed by atoms with Crippen LogP contribution in [0.15, 0.2) is 53.4 Å². The molecule has 1 fully saturated rings. The van der Waals surface area contributed by atoms with Gasteiger partial charge in [0, 0.05) is 32.6 Å². The Labute approximate surface area is 179 Å². The summed E-state index contributed by atoms with van der Waals surface area (Å²) < 4.78 is 32.7. The summed E-state index contributed by atoms with van der Waals surface area (Å²) in [4.78, 5) is 14.9. The maximum atomic E-state index is 12.9. The smallest absolute Gasteiger partial charge is 0.243 e. The van der Waals surface area contributed by atoms with Gasteiger partial charge in [-0.1, -0.05) is 30.3 Å². The van der Waals surface area contributed by atoms with Crippen molar-refractivity contribution in [1.82, 2.24) is 9.21 Å². The highest BCUT2D eigenvalue weighted by atomic mass is 32.2. The normalized spacial score (nSPS) is 14.6. The Bertz CT molecular complexity index is 954. The fourth-order valence-corrected chi connectivity index (χ4v) is 5.34. The quantitative estimate of drug-likeness (QED) is 0.611. The van der Waals surface area contributed by atoms with Gasteiger partial charge in [-0.15, -0.1) is 0 Å². The molecule has 3 rings (SSSR count). The van der Waals surface area contributed by atoms with E-state index < -0.39 is 10.0 Å². The zero-order valence-corrected chi connectivity index (χ0v) is 18.5. The lowest BCUT2D eigenvalue weighted by Crippen LogP contribution is -2.30. The molecule has 2 aromatic carbocycles. The Hall–Kier alpha value is -2.38. The van der Waals surface area contributed by atoms with Crippen LogP contribution in [-0.2, 0) is 27.8 Å². The molecular formula is C23H30N2O4S. The van der Waals surface area contributed by atoms with Gasteiger partial charge in [0.05, 0.1) is 12.0 Å². The second-order valence-corrected chi connectivity index (χ2v) is 9.42. The molecule has 0 saturated carbocycles. The number of sulfonamides is 1. The molecule has 0 aliphatic carbocycles. The molecule has 30 heavy (non-hydrogen) atoms. The number of aryl methyl sites for hydroxylation is 1. The van der Waals surface area contributed by atoms with Crippen LogP contribution in [0, 0.1) is 0 Å². The Kier molecular flexibility index (Phi) is 7.50. The predicted molar refractivity (Wildman–Crippen MR) is 117 cm³/mol. The molecule has 1 saturated heterocycles. The molecule has 0 N–H and O–H groups in total. The van der Waals surface area contributed by atoms with E-state index in [0.717, 1.165) is 24.0 Å². The summed E-state index contributed by atoms with van der Waals surface area (Å²) >= 11 is 0. The molecule has 2 aromatic rings. The van der Waals surface area contributed by atoms with Gasteiger partial charge in [-0.3, -0.25) is 4.79 Å². The van der Waals surface area contributed by atoms with E-state index in [-0.39, 0.29) is 10.8 Å². The van der Waals surface area contributed by atoms with Crippen LogP contribution in [0.4, 0.5) is 0 Å². The van der Waals surface area contributed by atoms with Crippen molar-refractivity contribution in [2.75, 3.05) is 26.7 Å². The second-order valence-electron chi connectivity index (χ2n) is 7.48. The molecule has 0 bridgehead atoms. The standard InChI is InChI=1S/C23H30N2O4S/c1-3-24(18-19-9-5-4-6-10-19)23(26)14-11-20-17-21(12-13-22(20)29-2)30(27,28)25-15-7-8-16-25/h4-6,9-10,12-13,17H,3,7-8,11,14-16,18H2,1-2H3. The maximum absolute atomic E-state index is 12.9. The Balaban J connectivity index is 1.72.